The number of rotatable bonds is 5. The van der Waals surface area contributed by atoms with Gasteiger partial charge in [0, 0.05) is 0 Å². The van der Waals surface area contributed by atoms with Gasteiger partial charge in [0.25, 0.3) is 0 Å². The normalized spacial score (nSPS) is 11.7. The molecule has 2 aromatic rings. The van der Waals surface area contributed by atoms with Crippen LogP contribution >= 0.6 is 0 Å². The van der Waals surface area contributed by atoms with E-state index in [1.54, 1.807) is 13.0 Å². The fourth-order valence-corrected chi connectivity index (χ4v) is 1.77. The quantitative estimate of drug-likeness (QED) is 0.918. The topological polar surface area (TPSA) is 74.2 Å². The molecule has 0 spiro atoms. The van der Waals surface area contributed by atoms with Crippen LogP contribution in [0.5, 0.6) is 5.75 Å². The Morgan fingerprint density at radius 2 is 2.05 bits per heavy atom. The molecule has 0 aliphatic heterocycles. The molecule has 2 rings (SSSR count). The third-order valence-corrected chi connectivity index (χ3v) is 2.89. The summed E-state index contributed by atoms with van der Waals surface area (Å²) in [7, 11) is 0. The van der Waals surface area contributed by atoms with E-state index in [1.807, 2.05) is 0 Å². The highest BCUT2D eigenvalue weighted by Crippen LogP contribution is 2.37. The molecule has 0 saturated heterocycles. The van der Waals surface area contributed by atoms with Crippen molar-refractivity contribution >= 4 is 0 Å². The minimum Gasteiger partial charge on any atom is -0.486 e. The second-order valence-corrected chi connectivity index (χ2v) is 4.45. The lowest BCUT2D eigenvalue weighted by Gasteiger charge is -2.14. The number of halogens is 3. The van der Waals surface area contributed by atoms with E-state index in [9.17, 15) is 13.2 Å². The van der Waals surface area contributed by atoms with Gasteiger partial charge in [0.15, 0.2) is 0 Å². The molecule has 0 atom stereocenters. The molecule has 1 heterocycles. The van der Waals surface area contributed by atoms with E-state index >= 15 is 0 Å². The van der Waals surface area contributed by atoms with Crippen LogP contribution in [0.15, 0.2) is 22.8 Å². The van der Waals surface area contributed by atoms with E-state index in [1.165, 1.54) is 6.07 Å². The molecular formula is C13H14F3N3O2. The molecule has 114 valence electrons. The van der Waals surface area contributed by atoms with Crippen LogP contribution in [0.1, 0.15) is 22.5 Å². The number of ether oxygens (including phenoxy) is 1. The molecule has 5 nitrogen and oxygen atoms in total. The zero-order valence-electron chi connectivity index (χ0n) is 11.3. The van der Waals surface area contributed by atoms with Gasteiger partial charge in [-0.2, -0.15) is 13.2 Å². The van der Waals surface area contributed by atoms with Crippen molar-refractivity contribution in [1.82, 2.24) is 10.3 Å². The summed E-state index contributed by atoms with van der Waals surface area (Å²) in [5.41, 5.74) is 5.87. The molecule has 0 fully saturated rings. The average Bonchev–Trinajstić information content (AvgIpc) is 2.82. The first-order valence-corrected chi connectivity index (χ1v) is 6.23. The Morgan fingerprint density at radius 3 is 2.62 bits per heavy atom. The predicted molar refractivity (Wildman–Crippen MR) is 67.6 cm³/mol. The monoisotopic (exact) mass is 301 g/mol. The standard InChI is InChI=1S/C13H14F3N3O2/c1-8-11(19-21-18-8)7-20-12-3-2-9(4-5-17)6-10(12)13(14,15)16/h2-3,6H,4-5,7,17H2,1H3. The fourth-order valence-electron chi connectivity index (χ4n) is 1.77. The zero-order valence-corrected chi connectivity index (χ0v) is 11.3. The molecular weight excluding hydrogens is 287 g/mol. The molecule has 0 amide bonds. The molecule has 2 N–H and O–H groups in total. The SMILES string of the molecule is Cc1nonc1COc1ccc(CCN)cc1C(F)(F)F. The molecule has 0 aliphatic carbocycles. The minimum absolute atomic E-state index is 0.144. The molecule has 21 heavy (non-hydrogen) atoms. The number of nitrogens with two attached hydrogens (primary N) is 1. The summed E-state index contributed by atoms with van der Waals surface area (Å²) in [6, 6.07) is 3.90. The van der Waals surface area contributed by atoms with Gasteiger partial charge in [0.2, 0.25) is 0 Å². The van der Waals surface area contributed by atoms with E-state index < -0.39 is 11.7 Å². The predicted octanol–water partition coefficient (Wildman–Crippen LogP) is 2.48. The van der Waals surface area contributed by atoms with Crippen LogP contribution in [0.4, 0.5) is 13.2 Å². The lowest BCUT2D eigenvalue weighted by Crippen LogP contribution is -2.11. The van der Waals surface area contributed by atoms with Crippen LogP contribution in [0.25, 0.3) is 0 Å². The van der Waals surface area contributed by atoms with Crippen molar-refractivity contribution in [1.29, 1.82) is 0 Å². The highest BCUT2D eigenvalue weighted by molar-refractivity contribution is 5.39. The van der Waals surface area contributed by atoms with Gasteiger partial charge in [-0.3, -0.25) is 0 Å². The Bertz CT molecular complexity index is 611. The highest BCUT2D eigenvalue weighted by atomic mass is 19.4. The maximum Gasteiger partial charge on any atom is 0.419 e. The van der Waals surface area contributed by atoms with Crippen molar-refractivity contribution in [2.24, 2.45) is 5.73 Å². The van der Waals surface area contributed by atoms with Crippen LogP contribution in [0.2, 0.25) is 0 Å². The molecule has 0 radical (unpaired) electrons. The van der Waals surface area contributed by atoms with Crippen molar-refractivity contribution in [3.05, 3.63) is 40.7 Å². The number of hydrogen-bond donors (Lipinski definition) is 1. The molecule has 0 aliphatic rings. The van der Waals surface area contributed by atoms with E-state index in [0.717, 1.165) is 6.07 Å². The van der Waals surface area contributed by atoms with Gasteiger partial charge in [0.05, 0.1) is 5.56 Å². The summed E-state index contributed by atoms with van der Waals surface area (Å²) in [5, 5.41) is 7.10. The van der Waals surface area contributed by atoms with Crippen LogP contribution in [-0.2, 0) is 19.2 Å². The highest BCUT2D eigenvalue weighted by Gasteiger charge is 2.34. The Hall–Kier alpha value is -2.09. The fraction of sp³-hybridized carbons (Fsp3) is 0.385. The lowest BCUT2D eigenvalue weighted by molar-refractivity contribution is -0.139. The van der Waals surface area contributed by atoms with Gasteiger partial charge in [-0.25, -0.2) is 4.63 Å². The van der Waals surface area contributed by atoms with Crippen LogP contribution < -0.4 is 10.5 Å². The second-order valence-electron chi connectivity index (χ2n) is 4.45. The van der Waals surface area contributed by atoms with Gasteiger partial charge in [-0.1, -0.05) is 16.4 Å². The number of alkyl halides is 3. The van der Waals surface area contributed by atoms with Crippen molar-refractivity contribution in [3.8, 4) is 5.75 Å². The molecule has 0 unspecified atom stereocenters. The van der Waals surface area contributed by atoms with Crippen molar-refractivity contribution in [2.45, 2.75) is 26.1 Å². The number of hydrogen-bond acceptors (Lipinski definition) is 5. The minimum atomic E-state index is -4.50. The third-order valence-electron chi connectivity index (χ3n) is 2.89. The average molecular weight is 301 g/mol. The smallest absolute Gasteiger partial charge is 0.419 e. The number of aromatic nitrogens is 2. The van der Waals surface area contributed by atoms with Gasteiger partial charge < -0.3 is 10.5 Å². The number of nitrogens with zero attached hydrogens (tertiary/aromatic N) is 2. The second kappa shape index (κ2) is 6.13. The summed E-state index contributed by atoms with van der Waals surface area (Å²) < 4.78 is 48.8. The van der Waals surface area contributed by atoms with Crippen molar-refractivity contribution < 1.29 is 22.5 Å². The first-order valence-electron chi connectivity index (χ1n) is 6.23. The Kier molecular flexibility index (Phi) is 4.46. The first kappa shape index (κ1) is 15.3. The zero-order chi connectivity index (χ0) is 15.5. The summed E-state index contributed by atoms with van der Waals surface area (Å²) in [6.07, 6.45) is -4.13. The molecule has 8 heteroatoms. The number of aryl methyl sites for hydroxylation is 1. The Balaban J connectivity index is 2.23. The lowest BCUT2D eigenvalue weighted by atomic mass is 10.1. The van der Waals surface area contributed by atoms with Gasteiger partial charge in [-0.05, 0) is 37.6 Å². The summed E-state index contributed by atoms with van der Waals surface area (Å²) in [6.45, 7) is 1.76. The van der Waals surface area contributed by atoms with Gasteiger partial charge >= 0.3 is 6.18 Å². The van der Waals surface area contributed by atoms with Crippen LogP contribution in [-0.4, -0.2) is 16.9 Å². The Morgan fingerprint density at radius 1 is 1.29 bits per heavy atom. The van der Waals surface area contributed by atoms with E-state index in [0.29, 0.717) is 23.4 Å². The maximum absolute atomic E-state index is 13.1. The first-order chi connectivity index (χ1) is 9.91. The van der Waals surface area contributed by atoms with Gasteiger partial charge in [-0.15, -0.1) is 0 Å². The van der Waals surface area contributed by atoms with E-state index in [-0.39, 0.29) is 18.9 Å². The summed E-state index contributed by atoms with van der Waals surface area (Å²) >= 11 is 0. The molecule has 1 aromatic heterocycles. The van der Waals surface area contributed by atoms with E-state index in [2.05, 4.69) is 14.9 Å². The number of benzene rings is 1. The maximum atomic E-state index is 13.1. The van der Waals surface area contributed by atoms with Crippen molar-refractivity contribution in [2.75, 3.05) is 6.54 Å². The van der Waals surface area contributed by atoms with Crippen LogP contribution in [0.3, 0.4) is 0 Å². The van der Waals surface area contributed by atoms with Crippen molar-refractivity contribution in [3.63, 3.8) is 0 Å². The van der Waals surface area contributed by atoms with E-state index in [4.69, 9.17) is 10.5 Å². The third kappa shape index (κ3) is 3.72. The molecule has 1 aromatic carbocycles. The molecule has 0 bridgehead atoms. The Labute approximate surface area is 118 Å². The largest absolute Gasteiger partial charge is 0.486 e. The summed E-state index contributed by atoms with van der Waals surface area (Å²) in [5.74, 6) is -0.259. The van der Waals surface area contributed by atoms with Crippen LogP contribution in [0, 0.1) is 6.92 Å². The summed E-state index contributed by atoms with van der Waals surface area (Å²) in [4.78, 5) is 0. The molecule has 0 saturated carbocycles. The van der Waals surface area contributed by atoms with Gasteiger partial charge in [0.1, 0.15) is 23.7 Å².